The van der Waals surface area contributed by atoms with Gasteiger partial charge in [-0.2, -0.15) is 5.10 Å². The van der Waals surface area contributed by atoms with Gasteiger partial charge in [0.15, 0.2) is 0 Å². The molecule has 0 aliphatic carbocycles. The second kappa shape index (κ2) is 9.37. The second-order valence-electron chi connectivity index (χ2n) is 8.33. The number of carbonyl (C=O) groups is 1. The van der Waals surface area contributed by atoms with Crippen molar-refractivity contribution in [2.24, 2.45) is 7.05 Å². The van der Waals surface area contributed by atoms with E-state index in [9.17, 15) is 9.90 Å². The van der Waals surface area contributed by atoms with Gasteiger partial charge in [0.25, 0.3) is 0 Å². The van der Waals surface area contributed by atoms with Crippen molar-refractivity contribution in [2.45, 2.75) is 45.6 Å². The van der Waals surface area contributed by atoms with Crippen LogP contribution in [0.5, 0.6) is 5.75 Å². The van der Waals surface area contributed by atoms with Crippen LogP contribution in [0.4, 0.5) is 5.69 Å². The van der Waals surface area contributed by atoms with Gasteiger partial charge in [-0.15, -0.1) is 0 Å². The van der Waals surface area contributed by atoms with E-state index in [1.807, 2.05) is 40.0 Å². The third kappa shape index (κ3) is 5.53. The lowest BCUT2D eigenvalue weighted by Gasteiger charge is -2.27. The Morgan fingerprint density at radius 3 is 2.60 bits per heavy atom. The van der Waals surface area contributed by atoms with Crippen LogP contribution in [0.15, 0.2) is 18.3 Å². The summed E-state index contributed by atoms with van der Waals surface area (Å²) in [5.41, 5.74) is 2.66. The number of aromatic nitrogens is 2. The van der Waals surface area contributed by atoms with Crippen LogP contribution >= 0.6 is 11.6 Å². The largest absolute Gasteiger partial charge is 0.491 e. The fourth-order valence-electron chi connectivity index (χ4n) is 3.76. The average Bonchev–Trinajstić information content (AvgIpc) is 2.89. The minimum Gasteiger partial charge on any atom is -0.491 e. The molecule has 30 heavy (non-hydrogen) atoms. The number of rotatable bonds is 6. The van der Waals surface area contributed by atoms with E-state index in [0.717, 1.165) is 46.2 Å². The van der Waals surface area contributed by atoms with Gasteiger partial charge in [-0.3, -0.25) is 14.4 Å². The summed E-state index contributed by atoms with van der Waals surface area (Å²) in [6, 6.07) is 3.79. The number of amides is 1. The lowest BCUT2D eigenvalue weighted by atomic mass is 9.96. The van der Waals surface area contributed by atoms with E-state index in [1.54, 1.807) is 10.9 Å². The van der Waals surface area contributed by atoms with Gasteiger partial charge in [0.05, 0.1) is 29.7 Å². The van der Waals surface area contributed by atoms with E-state index >= 15 is 0 Å². The predicted molar refractivity (Wildman–Crippen MR) is 118 cm³/mol. The number of halogens is 1. The Hall–Kier alpha value is -2.09. The minimum atomic E-state index is -0.910. The molecule has 0 bridgehead atoms. The first-order chi connectivity index (χ1) is 14.2. The number of aliphatic hydroxyl groups is 1. The van der Waals surface area contributed by atoms with E-state index < -0.39 is 5.60 Å². The Morgan fingerprint density at radius 2 is 1.97 bits per heavy atom. The Balaban J connectivity index is 1.52. The first kappa shape index (κ1) is 22.6. The van der Waals surface area contributed by atoms with Crippen molar-refractivity contribution in [1.29, 1.82) is 0 Å². The second-order valence-corrected chi connectivity index (χ2v) is 8.71. The molecule has 8 heteroatoms. The number of anilines is 1. The molecule has 0 spiro atoms. The summed E-state index contributed by atoms with van der Waals surface area (Å²) >= 11 is 6.22. The molecule has 3 rings (SSSR count). The molecule has 1 fully saturated rings. The van der Waals surface area contributed by atoms with Crippen molar-refractivity contribution in [3.8, 4) is 5.75 Å². The number of aryl methyl sites for hydroxylation is 3. The molecule has 0 saturated carbocycles. The normalized spacial score (nSPS) is 20.1. The number of nitrogens with one attached hydrogen (secondary N) is 1. The molecule has 1 unspecified atom stereocenters. The molecule has 1 aromatic heterocycles. The van der Waals surface area contributed by atoms with Crippen LogP contribution in [0.1, 0.15) is 36.1 Å². The van der Waals surface area contributed by atoms with Crippen molar-refractivity contribution in [3.05, 3.63) is 40.2 Å². The molecule has 1 aliphatic rings. The maximum absolute atomic E-state index is 12.4. The van der Waals surface area contributed by atoms with Crippen LogP contribution in [-0.4, -0.2) is 57.5 Å². The molecule has 0 radical (unpaired) electrons. The van der Waals surface area contributed by atoms with Gasteiger partial charge in [-0.1, -0.05) is 11.6 Å². The smallest absolute Gasteiger partial charge is 0.238 e. The van der Waals surface area contributed by atoms with E-state index in [4.69, 9.17) is 16.3 Å². The Kier molecular flexibility index (Phi) is 7.06. The Morgan fingerprint density at radius 1 is 1.27 bits per heavy atom. The van der Waals surface area contributed by atoms with Gasteiger partial charge in [0.2, 0.25) is 5.91 Å². The van der Waals surface area contributed by atoms with Gasteiger partial charge in [-0.05, 0) is 69.8 Å². The van der Waals surface area contributed by atoms with E-state index in [1.165, 1.54) is 0 Å². The number of nitrogens with zero attached hydrogens (tertiary/aromatic N) is 3. The molecule has 2 aromatic rings. The molecule has 1 amide bonds. The highest BCUT2D eigenvalue weighted by Crippen LogP contribution is 2.28. The van der Waals surface area contributed by atoms with Gasteiger partial charge in [-0.25, -0.2) is 0 Å². The summed E-state index contributed by atoms with van der Waals surface area (Å²) in [5, 5.41) is 18.8. The fraction of sp³-hybridized carbons (Fsp3) is 0.545. The summed E-state index contributed by atoms with van der Waals surface area (Å²) in [5.74, 6) is 0.648. The van der Waals surface area contributed by atoms with E-state index in [2.05, 4.69) is 15.3 Å². The summed E-state index contributed by atoms with van der Waals surface area (Å²) in [6.07, 6.45) is 3.65. The van der Waals surface area contributed by atoms with Gasteiger partial charge >= 0.3 is 0 Å². The maximum atomic E-state index is 12.4. The average molecular weight is 435 g/mol. The van der Waals surface area contributed by atoms with Crippen molar-refractivity contribution < 1.29 is 14.6 Å². The van der Waals surface area contributed by atoms with Crippen molar-refractivity contribution in [1.82, 2.24) is 14.7 Å². The highest BCUT2D eigenvalue weighted by Gasteiger charge is 2.31. The molecule has 1 saturated heterocycles. The number of benzene rings is 1. The van der Waals surface area contributed by atoms with Crippen LogP contribution in [0.2, 0.25) is 5.02 Å². The van der Waals surface area contributed by atoms with Crippen LogP contribution in [0.25, 0.3) is 0 Å². The van der Waals surface area contributed by atoms with Crippen LogP contribution in [0, 0.1) is 20.8 Å². The number of likely N-dealkylation sites (tertiary alicyclic amines) is 1. The number of hydrogen-bond donors (Lipinski definition) is 2. The highest BCUT2D eigenvalue weighted by atomic mass is 35.5. The third-order valence-corrected chi connectivity index (χ3v) is 6.40. The molecular weight excluding hydrogens is 404 g/mol. The Bertz CT molecular complexity index is 891. The highest BCUT2D eigenvalue weighted by molar-refractivity contribution is 6.32. The number of carbonyl (C=O) groups excluding carboxylic acids is 1. The molecule has 1 aromatic carbocycles. The fourth-order valence-corrected chi connectivity index (χ4v) is 3.87. The predicted octanol–water partition coefficient (Wildman–Crippen LogP) is 3.23. The molecule has 7 nitrogen and oxygen atoms in total. The molecule has 2 heterocycles. The first-order valence-corrected chi connectivity index (χ1v) is 10.7. The molecule has 1 aliphatic heterocycles. The van der Waals surface area contributed by atoms with Crippen LogP contribution < -0.4 is 10.1 Å². The summed E-state index contributed by atoms with van der Waals surface area (Å²) in [7, 11) is 1.84. The zero-order valence-electron chi connectivity index (χ0n) is 18.2. The molecular formula is C22H31ClN4O3. The van der Waals surface area contributed by atoms with E-state index in [0.29, 0.717) is 25.9 Å². The topological polar surface area (TPSA) is 79.6 Å². The molecule has 1 atom stereocenters. The monoisotopic (exact) mass is 434 g/mol. The van der Waals surface area contributed by atoms with Crippen LogP contribution in [-0.2, 0) is 11.8 Å². The summed E-state index contributed by atoms with van der Waals surface area (Å²) < 4.78 is 7.64. The van der Waals surface area contributed by atoms with Gasteiger partial charge in [0.1, 0.15) is 12.4 Å². The third-order valence-electron chi connectivity index (χ3n) is 5.80. The quantitative estimate of drug-likeness (QED) is 0.729. The van der Waals surface area contributed by atoms with Gasteiger partial charge in [0, 0.05) is 18.6 Å². The van der Waals surface area contributed by atoms with Crippen molar-refractivity contribution >= 4 is 23.2 Å². The lowest BCUT2D eigenvalue weighted by Crippen LogP contribution is -2.38. The lowest BCUT2D eigenvalue weighted by molar-refractivity contribution is -0.117. The zero-order chi connectivity index (χ0) is 21.9. The Labute approximate surface area is 183 Å². The van der Waals surface area contributed by atoms with Crippen LogP contribution in [0.3, 0.4) is 0 Å². The van der Waals surface area contributed by atoms with E-state index in [-0.39, 0.29) is 12.5 Å². The standard InChI is InChI=1S/C22H31ClN4O3/c1-15-10-18(11-16(2)21(15)23)30-14-22(29)6-5-8-27(9-7-22)13-20(28)25-19-12-24-26(4)17(19)3/h10-12,29H,5-9,13-14H2,1-4H3,(H,25,28). The van der Waals surface area contributed by atoms with Crippen molar-refractivity contribution in [2.75, 3.05) is 31.6 Å². The van der Waals surface area contributed by atoms with Gasteiger partial charge < -0.3 is 15.2 Å². The minimum absolute atomic E-state index is 0.0695. The molecule has 2 N–H and O–H groups in total. The SMILES string of the molecule is Cc1cc(OCC2(O)CCCN(CC(=O)Nc3cnn(C)c3C)CC2)cc(C)c1Cl. The maximum Gasteiger partial charge on any atom is 0.238 e. The first-order valence-electron chi connectivity index (χ1n) is 10.3. The molecule has 164 valence electrons. The van der Waals surface area contributed by atoms with Crippen molar-refractivity contribution in [3.63, 3.8) is 0 Å². The number of hydrogen-bond acceptors (Lipinski definition) is 5. The number of ether oxygens (including phenoxy) is 1. The zero-order valence-corrected chi connectivity index (χ0v) is 18.9. The summed E-state index contributed by atoms with van der Waals surface area (Å²) in [6.45, 7) is 7.72. The summed E-state index contributed by atoms with van der Waals surface area (Å²) in [4.78, 5) is 14.5.